The first kappa shape index (κ1) is 9.72. The molecular weight excluding hydrogens is 150 g/mol. The molecular formula is C10H19NO. The number of carbonyl (C=O) groups is 1. The van der Waals surface area contributed by atoms with Gasteiger partial charge in [-0.25, -0.2) is 0 Å². The topological polar surface area (TPSA) is 20.3 Å². The van der Waals surface area contributed by atoms with Crippen LogP contribution in [-0.4, -0.2) is 30.8 Å². The zero-order chi connectivity index (χ0) is 8.97. The Bertz CT molecular complexity index is 156. The molecule has 1 unspecified atom stereocenters. The van der Waals surface area contributed by atoms with E-state index in [1.165, 1.54) is 13.0 Å². The van der Waals surface area contributed by atoms with Gasteiger partial charge in [0.2, 0.25) is 0 Å². The van der Waals surface area contributed by atoms with E-state index in [1.807, 2.05) is 0 Å². The molecule has 1 fully saturated rings. The quantitative estimate of drug-likeness (QED) is 0.638. The smallest absolute Gasteiger partial charge is 0.133 e. The van der Waals surface area contributed by atoms with Crippen molar-refractivity contribution in [3.05, 3.63) is 0 Å². The number of ketones is 1. The maximum Gasteiger partial charge on any atom is 0.133 e. The molecule has 0 radical (unpaired) electrons. The Kier molecular flexibility index (Phi) is 3.73. The van der Waals surface area contributed by atoms with Gasteiger partial charge in [-0.05, 0) is 32.4 Å². The van der Waals surface area contributed by atoms with Crippen LogP contribution in [0.1, 0.15) is 32.6 Å². The van der Waals surface area contributed by atoms with Crippen LogP contribution in [-0.2, 0) is 4.79 Å². The predicted molar refractivity (Wildman–Crippen MR) is 50.1 cm³/mol. The largest absolute Gasteiger partial charge is 0.306 e. The lowest BCUT2D eigenvalue weighted by molar-refractivity contribution is -0.119. The minimum Gasteiger partial charge on any atom is -0.306 e. The zero-order valence-corrected chi connectivity index (χ0v) is 8.18. The molecule has 0 aromatic carbocycles. The molecule has 0 aromatic heterocycles. The van der Waals surface area contributed by atoms with E-state index in [2.05, 4.69) is 18.9 Å². The van der Waals surface area contributed by atoms with Gasteiger partial charge in [0, 0.05) is 19.4 Å². The third-order valence-corrected chi connectivity index (χ3v) is 2.53. The molecule has 1 rings (SSSR count). The number of likely N-dealkylation sites (tertiary alicyclic amines) is 1. The first-order valence-electron chi connectivity index (χ1n) is 4.92. The number of hydrogen-bond donors (Lipinski definition) is 0. The second-order valence-electron chi connectivity index (χ2n) is 3.91. The average molecular weight is 169 g/mol. The standard InChI is InChI=1S/C10H19NO/c1-3-4-10(12)7-9-5-6-11(2)8-9/h9H,3-8H2,1-2H3. The van der Waals surface area contributed by atoms with Gasteiger partial charge in [-0.2, -0.15) is 0 Å². The first-order valence-corrected chi connectivity index (χ1v) is 4.92. The third-order valence-electron chi connectivity index (χ3n) is 2.53. The first-order chi connectivity index (χ1) is 5.72. The number of carbonyl (C=O) groups excluding carboxylic acids is 1. The van der Waals surface area contributed by atoms with Gasteiger partial charge in [-0.3, -0.25) is 4.79 Å². The molecule has 2 heteroatoms. The van der Waals surface area contributed by atoms with E-state index in [9.17, 15) is 4.79 Å². The van der Waals surface area contributed by atoms with Crippen LogP contribution in [0, 0.1) is 5.92 Å². The summed E-state index contributed by atoms with van der Waals surface area (Å²) >= 11 is 0. The van der Waals surface area contributed by atoms with Crippen LogP contribution in [0.25, 0.3) is 0 Å². The average Bonchev–Trinajstić information content (AvgIpc) is 2.36. The Labute approximate surface area is 74.9 Å². The molecule has 0 amide bonds. The van der Waals surface area contributed by atoms with Gasteiger partial charge in [-0.1, -0.05) is 6.92 Å². The molecule has 0 N–H and O–H groups in total. The number of nitrogens with zero attached hydrogens (tertiary/aromatic N) is 1. The van der Waals surface area contributed by atoms with Crippen LogP contribution in [0.5, 0.6) is 0 Å². The van der Waals surface area contributed by atoms with E-state index in [4.69, 9.17) is 0 Å². The molecule has 0 spiro atoms. The highest BCUT2D eigenvalue weighted by molar-refractivity contribution is 5.78. The van der Waals surface area contributed by atoms with Crippen molar-refractivity contribution in [3.63, 3.8) is 0 Å². The highest BCUT2D eigenvalue weighted by atomic mass is 16.1. The molecule has 1 aliphatic heterocycles. The molecule has 70 valence electrons. The molecule has 1 aliphatic rings. The van der Waals surface area contributed by atoms with Crippen LogP contribution in [0.2, 0.25) is 0 Å². The minimum atomic E-state index is 0.456. The fourth-order valence-corrected chi connectivity index (χ4v) is 1.90. The Morgan fingerprint density at radius 2 is 2.33 bits per heavy atom. The molecule has 1 saturated heterocycles. The Hall–Kier alpha value is -0.370. The second kappa shape index (κ2) is 4.61. The van der Waals surface area contributed by atoms with Crippen molar-refractivity contribution in [2.45, 2.75) is 32.6 Å². The lowest BCUT2D eigenvalue weighted by Gasteiger charge is -2.08. The molecule has 12 heavy (non-hydrogen) atoms. The van der Waals surface area contributed by atoms with Crippen LogP contribution in [0.4, 0.5) is 0 Å². The fourth-order valence-electron chi connectivity index (χ4n) is 1.90. The van der Waals surface area contributed by atoms with Crippen molar-refractivity contribution in [2.75, 3.05) is 20.1 Å². The molecule has 1 heterocycles. The Balaban J connectivity index is 2.18. The summed E-state index contributed by atoms with van der Waals surface area (Å²) in [5.41, 5.74) is 0. The lowest BCUT2D eigenvalue weighted by atomic mass is 10.00. The van der Waals surface area contributed by atoms with Crippen LogP contribution >= 0.6 is 0 Å². The summed E-state index contributed by atoms with van der Waals surface area (Å²) < 4.78 is 0. The van der Waals surface area contributed by atoms with Crippen LogP contribution in [0.15, 0.2) is 0 Å². The number of rotatable bonds is 4. The van der Waals surface area contributed by atoms with Crippen LogP contribution in [0.3, 0.4) is 0 Å². The van der Waals surface area contributed by atoms with Gasteiger partial charge in [-0.15, -0.1) is 0 Å². The van der Waals surface area contributed by atoms with Crippen LogP contribution < -0.4 is 0 Å². The monoisotopic (exact) mass is 169 g/mol. The maximum absolute atomic E-state index is 11.3. The summed E-state index contributed by atoms with van der Waals surface area (Å²) in [6.07, 6.45) is 3.81. The summed E-state index contributed by atoms with van der Waals surface area (Å²) in [6.45, 7) is 4.36. The van der Waals surface area contributed by atoms with Gasteiger partial charge in [0.25, 0.3) is 0 Å². The Morgan fingerprint density at radius 1 is 1.58 bits per heavy atom. The van der Waals surface area contributed by atoms with Crippen molar-refractivity contribution in [1.29, 1.82) is 0 Å². The lowest BCUT2D eigenvalue weighted by Crippen LogP contribution is -2.15. The van der Waals surface area contributed by atoms with E-state index in [0.29, 0.717) is 11.7 Å². The van der Waals surface area contributed by atoms with Gasteiger partial charge < -0.3 is 4.90 Å². The molecule has 0 aliphatic carbocycles. The third kappa shape index (κ3) is 2.94. The van der Waals surface area contributed by atoms with E-state index in [1.54, 1.807) is 0 Å². The van der Waals surface area contributed by atoms with Gasteiger partial charge in [0.15, 0.2) is 0 Å². The highest BCUT2D eigenvalue weighted by Gasteiger charge is 2.21. The zero-order valence-electron chi connectivity index (χ0n) is 8.18. The van der Waals surface area contributed by atoms with Crippen molar-refractivity contribution in [2.24, 2.45) is 5.92 Å². The summed E-state index contributed by atoms with van der Waals surface area (Å²) in [5, 5.41) is 0. The molecule has 0 aromatic rings. The van der Waals surface area contributed by atoms with Gasteiger partial charge in [0.1, 0.15) is 5.78 Å². The van der Waals surface area contributed by atoms with E-state index >= 15 is 0 Å². The number of hydrogen-bond acceptors (Lipinski definition) is 2. The van der Waals surface area contributed by atoms with Crippen molar-refractivity contribution < 1.29 is 4.79 Å². The molecule has 0 bridgehead atoms. The summed E-state index contributed by atoms with van der Waals surface area (Å²) in [7, 11) is 2.13. The van der Waals surface area contributed by atoms with E-state index in [-0.39, 0.29) is 0 Å². The van der Waals surface area contributed by atoms with Gasteiger partial charge >= 0.3 is 0 Å². The van der Waals surface area contributed by atoms with E-state index < -0.39 is 0 Å². The van der Waals surface area contributed by atoms with Crippen molar-refractivity contribution in [1.82, 2.24) is 4.90 Å². The molecule has 0 saturated carbocycles. The minimum absolute atomic E-state index is 0.456. The summed E-state index contributed by atoms with van der Waals surface area (Å²) in [6, 6.07) is 0. The number of Topliss-reactive ketones (excluding diaryl/α,β-unsaturated/α-hetero) is 1. The SMILES string of the molecule is CCCC(=O)CC1CCN(C)C1. The van der Waals surface area contributed by atoms with Gasteiger partial charge in [0.05, 0.1) is 0 Å². The summed E-state index contributed by atoms with van der Waals surface area (Å²) in [5.74, 6) is 1.10. The second-order valence-corrected chi connectivity index (χ2v) is 3.91. The summed E-state index contributed by atoms with van der Waals surface area (Å²) in [4.78, 5) is 13.6. The highest BCUT2D eigenvalue weighted by Crippen LogP contribution is 2.18. The molecule has 2 nitrogen and oxygen atoms in total. The van der Waals surface area contributed by atoms with Crippen molar-refractivity contribution in [3.8, 4) is 0 Å². The van der Waals surface area contributed by atoms with Crippen molar-refractivity contribution >= 4 is 5.78 Å². The molecule has 1 atom stereocenters. The fraction of sp³-hybridized carbons (Fsp3) is 0.900. The maximum atomic E-state index is 11.3. The normalized spacial score (nSPS) is 24.7. The Morgan fingerprint density at radius 3 is 2.83 bits per heavy atom. The van der Waals surface area contributed by atoms with E-state index in [0.717, 1.165) is 25.8 Å². The predicted octanol–water partition coefficient (Wildman–Crippen LogP) is 1.70.